The largest absolute Gasteiger partial charge is 0.475 e. The van der Waals surface area contributed by atoms with Crippen molar-refractivity contribution in [1.29, 1.82) is 0 Å². The van der Waals surface area contributed by atoms with Gasteiger partial charge in [0.05, 0.1) is 38.1 Å². The molecular formula is C26H42O28S3. The molecule has 7 unspecified atom stereocenters. The lowest BCUT2D eigenvalue weighted by atomic mass is 9.83. The van der Waals surface area contributed by atoms with E-state index in [2.05, 4.69) is 13.6 Å². The van der Waals surface area contributed by atoms with E-state index in [0.717, 1.165) is 0 Å². The first-order chi connectivity index (χ1) is 26.5. The fraction of sp³-hybridized carbons (Fsp3) is 0.885. The number of aliphatic carboxylic acids is 1. The first kappa shape index (κ1) is 48.1. The van der Waals surface area contributed by atoms with Gasteiger partial charge in [-0.15, -0.1) is 4.33 Å². The van der Waals surface area contributed by atoms with Gasteiger partial charge in [-0.3, -0.25) is 13.3 Å². The van der Waals surface area contributed by atoms with Gasteiger partial charge in [0.25, 0.3) is 0 Å². The van der Waals surface area contributed by atoms with Crippen LogP contribution in [0.15, 0.2) is 11.8 Å². The fourth-order valence-corrected chi connectivity index (χ4v) is 7.35. The van der Waals surface area contributed by atoms with E-state index < -0.39 is 163 Å². The van der Waals surface area contributed by atoms with Crippen LogP contribution >= 0.6 is 12.3 Å². The Morgan fingerprint density at radius 1 is 0.825 bits per heavy atom. The fourth-order valence-electron chi connectivity index (χ4n) is 6.19. The third-order valence-corrected chi connectivity index (χ3v) is 10.3. The van der Waals surface area contributed by atoms with E-state index in [1.165, 1.54) is 13.8 Å². The summed E-state index contributed by atoms with van der Waals surface area (Å²) in [5.41, 5.74) is 0. The lowest BCUT2D eigenvalue weighted by Gasteiger charge is -2.46. The highest BCUT2D eigenvalue weighted by Crippen LogP contribution is 2.38. The summed E-state index contributed by atoms with van der Waals surface area (Å²) in [5, 5.41) is 94.8. The van der Waals surface area contributed by atoms with Gasteiger partial charge in [-0.25, -0.2) is 18.4 Å². The molecule has 0 aromatic heterocycles. The molecular weight excluding hydrogens is 856 g/mol. The number of hydrogen-bond donors (Lipinski definition) is 11. The molecule has 0 spiro atoms. The summed E-state index contributed by atoms with van der Waals surface area (Å²) in [6.07, 6.45) is -27.8. The van der Waals surface area contributed by atoms with Crippen molar-refractivity contribution in [3.8, 4) is 0 Å². The third-order valence-electron chi connectivity index (χ3n) is 8.93. The predicted octanol–water partition coefficient (Wildman–Crippen LogP) is -5.29. The molecule has 28 nitrogen and oxygen atoms in total. The van der Waals surface area contributed by atoms with E-state index in [4.69, 9.17) is 51.3 Å². The van der Waals surface area contributed by atoms with Crippen LogP contribution in [-0.4, -0.2) is 196 Å². The Morgan fingerprint density at radius 2 is 1.47 bits per heavy atom. The van der Waals surface area contributed by atoms with Crippen LogP contribution in [-0.2, 0) is 80.7 Å². The van der Waals surface area contributed by atoms with E-state index in [1.54, 1.807) is 0 Å². The zero-order valence-electron chi connectivity index (χ0n) is 29.2. The molecule has 0 radical (unpaired) electrons. The smallest absolute Gasteiger partial charge is 0.397 e. The molecule has 4 aliphatic rings. The number of carboxylic acids is 1. The number of hydrogen-bond acceptors (Lipinski definition) is 26. The van der Waals surface area contributed by atoms with Gasteiger partial charge in [0, 0.05) is 11.8 Å². The highest BCUT2D eigenvalue weighted by atomic mass is 32.3. The van der Waals surface area contributed by atoms with Crippen molar-refractivity contribution in [1.82, 2.24) is 0 Å². The monoisotopic (exact) mass is 898 g/mol. The third kappa shape index (κ3) is 12.7. The molecule has 31 heteroatoms. The van der Waals surface area contributed by atoms with Crippen LogP contribution in [0.5, 0.6) is 0 Å². The van der Waals surface area contributed by atoms with Crippen LogP contribution in [0.4, 0.5) is 0 Å². The summed E-state index contributed by atoms with van der Waals surface area (Å²) in [5.74, 6) is -5.47. The molecule has 11 N–H and O–H groups in total. The molecule has 0 aromatic rings. The SMILES string of the molecule is CC(O)[C@H]1O[C@@H](O[C@@H]2C(C)O[C@@H](OC[C@H]3C(CO[C@@H]4OC(C(=O)O)=C[C@@H](O)C4O)[C@@H](O)OC(COS(=O)(=O)O)[C@H]3O)C(OSOOO)[C@H]2OS(=O)(=O)O)C(O)[C@H]1O. The molecule has 4 aliphatic heterocycles. The Hall–Kier alpha value is -1.58. The Morgan fingerprint density at radius 3 is 2.05 bits per heavy atom. The minimum atomic E-state index is -5.45. The molecule has 0 aliphatic carbocycles. The molecule has 332 valence electrons. The maximum atomic E-state index is 12.1. The Balaban J connectivity index is 1.62. The zero-order valence-corrected chi connectivity index (χ0v) is 31.6. The molecule has 3 fully saturated rings. The van der Waals surface area contributed by atoms with Gasteiger partial charge in [-0.1, -0.05) is 5.04 Å². The van der Waals surface area contributed by atoms with Crippen LogP contribution in [0.2, 0.25) is 0 Å². The van der Waals surface area contributed by atoms with Crippen molar-refractivity contribution >= 4 is 39.1 Å². The van der Waals surface area contributed by atoms with E-state index in [9.17, 15) is 67.0 Å². The maximum Gasteiger partial charge on any atom is 0.397 e. The Kier molecular flexibility index (Phi) is 17.1. The zero-order chi connectivity index (χ0) is 42.6. The minimum absolute atomic E-state index is 0.186. The minimum Gasteiger partial charge on any atom is -0.475 e. The lowest BCUT2D eigenvalue weighted by molar-refractivity contribution is -0.435. The van der Waals surface area contributed by atoms with E-state index in [1.807, 2.05) is 0 Å². The number of carbonyl (C=O) groups is 1. The van der Waals surface area contributed by atoms with Gasteiger partial charge in [-0.05, 0) is 19.9 Å². The van der Waals surface area contributed by atoms with E-state index >= 15 is 0 Å². The van der Waals surface area contributed by atoms with Crippen molar-refractivity contribution in [3.05, 3.63) is 11.8 Å². The summed E-state index contributed by atoms with van der Waals surface area (Å²) in [4.78, 5) is 11.4. The van der Waals surface area contributed by atoms with E-state index in [0.29, 0.717) is 6.08 Å². The average molecular weight is 899 g/mol. The van der Waals surface area contributed by atoms with Gasteiger partial charge in [0.1, 0.15) is 48.8 Å². The molecule has 0 amide bonds. The predicted molar refractivity (Wildman–Crippen MR) is 171 cm³/mol. The van der Waals surface area contributed by atoms with Crippen molar-refractivity contribution < 1.29 is 132 Å². The summed E-state index contributed by atoms with van der Waals surface area (Å²) < 4.78 is 123. The molecule has 3 saturated heterocycles. The van der Waals surface area contributed by atoms with Crippen molar-refractivity contribution in [2.24, 2.45) is 11.8 Å². The summed E-state index contributed by atoms with van der Waals surface area (Å²) in [6, 6.07) is 0. The topological polar surface area (TPSA) is 419 Å². The Bertz CT molecular complexity index is 1560. The average Bonchev–Trinajstić information content (AvgIpc) is 3.39. The summed E-state index contributed by atoms with van der Waals surface area (Å²) >= 11 is -0.186. The molecule has 0 aromatic carbocycles. The molecule has 57 heavy (non-hydrogen) atoms. The number of carboxylic acid groups (broad SMARTS) is 1. The quantitative estimate of drug-likeness (QED) is 0.0190. The van der Waals surface area contributed by atoms with Gasteiger partial charge < -0.3 is 74.0 Å². The highest BCUT2D eigenvalue weighted by molar-refractivity contribution is 7.89. The second kappa shape index (κ2) is 20.3. The van der Waals surface area contributed by atoms with Crippen LogP contribution in [0.1, 0.15) is 13.8 Å². The number of ether oxygens (including phenoxy) is 7. The lowest BCUT2D eigenvalue weighted by Crippen LogP contribution is -2.62. The second-order valence-corrected chi connectivity index (χ2v) is 15.4. The number of aliphatic hydroxyl groups excluding tert-OH is 7. The van der Waals surface area contributed by atoms with Crippen LogP contribution in [0, 0.1) is 11.8 Å². The van der Waals surface area contributed by atoms with Crippen molar-refractivity contribution in [3.63, 3.8) is 0 Å². The van der Waals surface area contributed by atoms with Crippen molar-refractivity contribution in [2.75, 3.05) is 19.8 Å². The van der Waals surface area contributed by atoms with Crippen LogP contribution < -0.4 is 0 Å². The van der Waals surface area contributed by atoms with Gasteiger partial charge in [0.15, 0.2) is 37.3 Å². The first-order valence-corrected chi connectivity index (χ1v) is 19.7. The molecule has 4 heterocycles. The molecule has 4 rings (SSSR count). The van der Waals surface area contributed by atoms with Gasteiger partial charge in [0.2, 0.25) is 12.0 Å². The number of aliphatic hydroxyl groups is 7. The van der Waals surface area contributed by atoms with Crippen LogP contribution in [0.3, 0.4) is 0 Å². The summed E-state index contributed by atoms with van der Waals surface area (Å²) in [7, 11) is -10.6. The standard InChI is InChI=1S/C26H42O28S3/c1-7(27)18-16(31)17(32)25(49-18)50-19-8(2)46-26(21(51-55-54-53-36)20(19)52-57(40,41)42)44-4-9-10(23(35)47-13(14(9)29)6-45-56(37,38)39)5-43-24-15(30)11(28)3-12(48-24)22(33)34/h3,7-11,13-21,23-32,35-36H,4-6H2,1-2H3,(H,33,34)(H,37,38,39)(H,40,41,42)/t7?,8?,9-,10?,11+,13?,14-,15?,16+,17?,18+,19+,20-,21?,23-,24+,25-,26+/m0/s1. The molecule has 0 saturated carbocycles. The molecule has 18 atom stereocenters. The summed E-state index contributed by atoms with van der Waals surface area (Å²) in [6.45, 7) is -0.272. The number of rotatable bonds is 19. The van der Waals surface area contributed by atoms with Gasteiger partial charge in [-0.2, -0.15) is 16.8 Å². The highest BCUT2D eigenvalue weighted by Gasteiger charge is 2.55. The van der Waals surface area contributed by atoms with Crippen LogP contribution in [0.25, 0.3) is 0 Å². The van der Waals surface area contributed by atoms with Gasteiger partial charge >= 0.3 is 26.8 Å². The molecule has 0 bridgehead atoms. The normalized spacial score (nSPS) is 41.0. The maximum absolute atomic E-state index is 12.1. The van der Waals surface area contributed by atoms with Crippen molar-refractivity contribution in [2.45, 2.75) is 112 Å². The second-order valence-electron chi connectivity index (χ2n) is 12.8. The first-order valence-electron chi connectivity index (χ1n) is 16.3. The Labute approximate surface area is 326 Å². The van der Waals surface area contributed by atoms with E-state index in [-0.39, 0.29) is 12.3 Å².